The summed E-state index contributed by atoms with van der Waals surface area (Å²) in [5.41, 5.74) is 1.66. The number of allylic oxidation sites excluding steroid dienone is 2. The molecular weight excluding hydrogens is 352 g/mol. The van der Waals surface area contributed by atoms with Crippen molar-refractivity contribution in [3.63, 3.8) is 0 Å². The first-order valence-corrected chi connectivity index (χ1v) is 10.2. The first-order valence-electron chi connectivity index (χ1n) is 10.2. The molecule has 1 unspecified atom stereocenters. The number of amides is 1. The largest absolute Gasteiger partial charge is 0.353 e. The van der Waals surface area contributed by atoms with Crippen molar-refractivity contribution >= 4 is 5.91 Å². The monoisotopic (exact) mass is 378 g/mol. The molecule has 28 heavy (non-hydrogen) atoms. The van der Waals surface area contributed by atoms with Gasteiger partial charge >= 0.3 is 0 Å². The van der Waals surface area contributed by atoms with Crippen molar-refractivity contribution in [1.82, 2.24) is 20.1 Å². The number of aromatic nitrogens is 3. The Kier molecular flexibility index (Phi) is 5.65. The number of hydrogen-bond acceptors (Lipinski definition) is 4. The Morgan fingerprint density at radius 3 is 2.50 bits per heavy atom. The maximum Gasteiger partial charge on any atom is 0.267 e. The molecular formula is C22H26N4O2. The molecule has 2 aromatic rings. The summed E-state index contributed by atoms with van der Waals surface area (Å²) in [4.78, 5) is 28.9. The van der Waals surface area contributed by atoms with E-state index in [4.69, 9.17) is 0 Å². The number of hydrogen-bond donors (Lipinski definition) is 1. The van der Waals surface area contributed by atoms with Crippen LogP contribution in [0.4, 0.5) is 0 Å². The van der Waals surface area contributed by atoms with E-state index in [1.807, 2.05) is 12.1 Å². The van der Waals surface area contributed by atoms with Crippen LogP contribution in [0.2, 0.25) is 0 Å². The third-order valence-corrected chi connectivity index (χ3v) is 5.83. The minimum atomic E-state index is -0.0701. The Balaban J connectivity index is 1.39. The van der Waals surface area contributed by atoms with E-state index in [9.17, 15) is 9.59 Å². The lowest BCUT2D eigenvalue weighted by atomic mass is 9.89. The lowest BCUT2D eigenvalue weighted by Crippen LogP contribution is -2.42. The third-order valence-electron chi connectivity index (χ3n) is 5.83. The number of nitrogens with zero attached hydrogens (tertiary/aromatic N) is 3. The average molecular weight is 378 g/mol. The number of nitrogens with one attached hydrogen (secondary N) is 1. The van der Waals surface area contributed by atoms with E-state index in [1.165, 1.54) is 0 Å². The molecule has 1 N–H and O–H groups in total. The van der Waals surface area contributed by atoms with Gasteiger partial charge in [0.1, 0.15) is 0 Å². The van der Waals surface area contributed by atoms with Gasteiger partial charge in [0, 0.05) is 36.0 Å². The second-order valence-corrected chi connectivity index (χ2v) is 7.73. The lowest BCUT2D eigenvalue weighted by molar-refractivity contribution is -0.126. The molecule has 0 radical (unpaired) electrons. The Morgan fingerprint density at radius 1 is 1.00 bits per heavy atom. The molecule has 0 spiro atoms. The second kappa shape index (κ2) is 8.50. The van der Waals surface area contributed by atoms with Crippen LogP contribution in [0, 0.1) is 5.92 Å². The molecule has 1 amide bonds. The molecule has 2 heterocycles. The number of pyridine rings is 1. The molecule has 0 aliphatic heterocycles. The molecule has 0 aromatic carbocycles. The molecule has 1 atom stereocenters. The summed E-state index contributed by atoms with van der Waals surface area (Å²) in [7, 11) is 0. The summed E-state index contributed by atoms with van der Waals surface area (Å²) in [6.07, 6.45) is 14.0. The fourth-order valence-electron chi connectivity index (χ4n) is 4.18. The highest BCUT2D eigenvalue weighted by molar-refractivity contribution is 5.79. The molecule has 6 heteroatoms. The molecule has 2 aliphatic carbocycles. The molecule has 1 saturated carbocycles. The Bertz CT molecular complexity index is 898. The minimum Gasteiger partial charge on any atom is -0.353 e. The van der Waals surface area contributed by atoms with Crippen LogP contribution in [-0.2, 0) is 4.79 Å². The zero-order valence-electron chi connectivity index (χ0n) is 16.0. The number of carbonyl (C=O) groups is 1. The summed E-state index contributed by atoms with van der Waals surface area (Å²) in [5.74, 6) is 0.298. The summed E-state index contributed by atoms with van der Waals surface area (Å²) < 4.78 is 1.62. The van der Waals surface area contributed by atoms with E-state index in [-0.39, 0.29) is 29.5 Å². The molecule has 0 bridgehead atoms. The van der Waals surface area contributed by atoms with Gasteiger partial charge in [0.05, 0.1) is 11.7 Å². The lowest BCUT2D eigenvalue weighted by Gasteiger charge is -2.31. The zero-order valence-corrected chi connectivity index (χ0v) is 16.0. The van der Waals surface area contributed by atoms with Crippen molar-refractivity contribution < 1.29 is 4.79 Å². The van der Waals surface area contributed by atoms with Crippen molar-refractivity contribution in [2.45, 2.75) is 57.0 Å². The predicted octanol–water partition coefficient (Wildman–Crippen LogP) is 3.26. The predicted molar refractivity (Wildman–Crippen MR) is 108 cm³/mol. The van der Waals surface area contributed by atoms with Gasteiger partial charge in [0.15, 0.2) is 0 Å². The Labute approximate surface area is 164 Å². The normalized spacial score (nSPS) is 24.6. The topological polar surface area (TPSA) is 76.9 Å². The van der Waals surface area contributed by atoms with Crippen LogP contribution < -0.4 is 10.9 Å². The average Bonchev–Trinajstić information content (AvgIpc) is 2.76. The van der Waals surface area contributed by atoms with E-state index in [0.29, 0.717) is 0 Å². The van der Waals surface area contributed by atoms with Crippen LogP contribution in [0.25, 0.3) is 11.3 Å². The highest BCUT2D eigenvalue weighted by Crippen LogP contribution is 2.28. The molecule has 1 fully saturated rings. The first kappa shape index (κ1) is 18.6. The van der Waals surface area contributed by atoms with Crippen molar-refractivity contribution in [2.24, 2.45) is 5.92 Å². The van der Waals surface area contributed by atoms with Crippen LogP contribution in [0.3, 0.4) is 0 Å². The van der Waals surface area contributed by atoms with Gasteiger partial charge in [-0.25, -0.2) is 4.68 Å². The summed E-state index contributed by atoms with van der Waals surface area (Å²) in [6, 6.07) is 7.42. The van der Waals surface area contributed by atoms with Crippen molar-refractivity contribution in [3.05, 3.63) is 59.2 Å². The fourth-order valence-corrected chi connectivity index (χ4v) is 4.18. The first-order chi connectivity index (χ1) is 13.7. The third kappa shape index (κ3) is 4.21. The van der Waals surface area contributed by atoms with Gasteiger partial charge in [0.2, 0.25) is 5.91 Å². The fraction of sp³-hybridized carbons (Fsp3) is 0.455. The summed E-state index contributed by atoms with van der Waals surface area (Å²) >= 11 is 0. The summed E-state index contributed by atoms with van der Waals surface area (Å²) in [6.45, 7) is 0. The second-order valence-electron chi connectivity index (χ2n) is 7.73. The van der Waals surface area contributed by atoms with Gasteiger partial charge in [-0.05, 0) is 63.1 Å². The van der Waals surface area contributed by atoms with E-state index in [0.717, 1.165) is 56.2 Å². The van der Waals surface area contributed by atoms with E-state index >= 15 is 0 Å². The van der Waals surface area contributed by atoms with E-state index < -0.39 is 0 Å². The quantitative estimate of drug-likeness (QED) is 0.829. The maximum absolute atomic E-state index is 12.5. The van der Waals surface area contributed by atoms with Crippen molar-refractivity contribution in [3.8, 4) is 11.3 Å². The molecule has 146 valence electrons. The SMILES string of the molecule is O=C(NC1CCC(n2nc(-c3ccncc3)ccc2=O)CC1)C1CC=CCC1. The van der Waals surface area contributed by atoms with E-state index in [1.54, 1.807) is 29.2 Å². The molecule has 6 nitrogen and oxygen atoms in total. The number of rotatable bonds is 4. The van der Waals surface area contributed by atoms with Gasteiger partial charge in [-0.2, -0.15) is 5.10 Å². The maximum atomic E-state index is 12.5. The Hall–Kier alpha value is -2.76. The minimum absolute atomic E-state index is 0.0701. The van der Waals surface area contributed by atoms with Crippen LogP contribution in [0.15, 0.2) is 53.6 Å². The van der Waals surface area contributed by atoms with Crippen LogP contribution in [-0.4, -0.2) is 26.7 Å². The van der Waals surface area contributed by atoms with Crippen LogP contribution in [0.1, 0.15) is 51.0 Å². The zero-order chi connectivity index (χ0) is 19.3. The highest BCUT2D eigenvalue weighted by atomic mass is 16.2. The molecule has 0 saturated heterocycles. The molecule has 2 aliphatic rings. The van der Waals surface area contributed by atoms with E-state index in [2.05, 4.69) is 27.6 Å². The number of carbonyl (C=O) groups excluding carboxylic acids is 1. The van der Waals surface area contributed by atoms with Gasteiger partial charge in [-0.3, -0.25) is 14.6 Å². The van der Waals surface area contributed by atoms with Crippen molar-refractivity contribution in [1.29, 1.82) is 0 Å². The molecule has 4 rings (SSSR count). The van der Waals surface area contributed by atoms with Gasteiger partial charge in [-0.15, -0.1) is 0 Å². The summed E-state index contributed by atoms with van der Waals surface area (Å²) in [5, 5.41) is 7.83. The highest BCUT2D eigenvalue weighted by Gasteiger charge is 2.27. The standard InChI is InChI=1S/C22H26N4O2/c27-21-11-10-20(16-12-14-23-15-13-16)25-26(21)19-8-6-18(7-9-19)24-22(28)17-4-2-1-3-5-17/h1-2,10-15,17-19H,3-9H2,(H,24,28). The van der Waals surface area contributed by atoms with Crippen molar-refractivity contribution in [2.75, 3.05) is 0 Å². The smallest absolute Gasteiger partial charge is 0.267 e. The molecule has 2 aromatic heterocycles. The van der Waals surface area contributed by atoms with Gasteiger partial charge in [-0.1, -0.05) is 12.2 Å². The van der Waals surface area contributed by atoms with Gasteiger partial charge < -0.3 is 5.32 Å². The van der Waals surface area contributed by atoms with Crippen LogP contribution >= 0.6 is 0 Å². The Morgan fingerprint density at radius 2 is 1.79 bits per heavy atom. The van der Waals surface area contributed by atoms with Crippen LogP contribution in [0.5, 0.6) is 0 Å². The van der Waals surface area contributed by atoms with Gasteiger partial charge in [0.25, 0.3) is 5.56 Å².